The monoisotopic (exact) mass is 297 g/mol. The minimum Gasteiger partial charge on any atom is -0.378 e. The minimum absolute atomic E-state index is 0.159. The van der Waals surface area contributed by atoms with Crippen molar-refractivity contribution in [2.24, 2.45) is 5.92 Å². The second-order valence-corrected chi connectivity index (χ2v) is 6.09. The first kappa shape index (κ1) is 16.2. The molecule has 0 aromatic heterocycles. The number of hydrogen-bond donors (Lipinski definition) is 0. The van der Waals surface area contributed by atoms with E-state index in [1.54, 1.807) is 4.90 Å². The van der Waals surface area contributed by atoms with Crippen LogP contribution in [0.1, 0.15) is 19.3 Å². The smallest absolute Gasteiger partial charge is 0.225 e. The highest BCUT2D eigenvalue weighted by atomic mass is 16.5. The number of ether oxygens (including phenoxy) is 1. The molecule has 0 saturated carbocycles. The largest absolute Gasteiger partial charge is 0.378 e. The molecule has 21 heavy (non-hydrogen) atoms. The van der Waals surface area contributed by atoms with Crippen LogP contribution in [0, 0.1) is 5.92 Å². The van der Waals surface area contributed by atoms with Gasteiger partial charge in [-0.25, -0.2) is 0 Å². The Balaban J connectivity index is 1.66. The molecular weight excluding hydrogens is 270 g/mol. The van der Waals surface area contributed by atoms with E-state index in [0.29, 0.717) is 19.6 Å². The van der Waals surface area contributed by atoms with Crippen molar-refractivity contribution in [2.75, 3.05) is 60.0 Å². The standard InChI is InChI=1S/C15H27N3O3/c1-16(2)15(20)13-3-6-17(7-4-13)8-5-14(19)18-9-11-21-12-10-18/h13H,3-12H2,1-2H3. The van der Waals surface area contributed by atoms with Crippen molar-refractivity contribution < 1.29 is 14.3 Å². The highest BCUT2D eigenvalue weighted by Gasteiger charge is 2.26. The van der Waals surface area contributed by atoms with Gasteiger partial charge in [-0.05, 0) is 25.9 Å². The summed E-state index contributed by atoms with van der Waals surface area (Å²) in [6.45, 7) is 5.39. The van der Waals surface area contributed by atoms with Gasteiger partial charge in [0.1, 0.15) is 0 Å². The number of carbonyl (C=O) groups excluding carboxylic acids is 2. The summed E-state index contributed by atoms with van der Waals surface area (Å²) in [7, 11) is 3.63. The van der Waals surface area contributed by atoms with Crippen molar-refractivity contribution in [3.63, 3.8) is 0 Å². The fraction of sp³-hybridized carbons (Fsp3) is 0.867. The van der Waals surface area contributed by atoms with Gasteiger partial charge < -0.3 is 19.4 Å². The summed E-state index contributed by atoms with van der Waals surface area (Å²) in [4.78, 5) is 29.9. The lowest BCUT2D eigenvalue weighted by molar-refractivity contribution is -0.137. The normalized spacial score (nSPS) is 21.3. The van der Waals surface area contributed by atoms with Gasteiger partial charge in [0.25, 0.3) is 0 Å². The third kappa shape index (κ3) is 4.68. The molecule has 0 radical (unpaired) electrons. The molecule has 0 N–H and O–H groups in total. The number of amides is 2. The van der Waals surface area contributed by atoms with E-state index in [9.17, 15) is 9.59 Å². The molecule has 2 saturated heterocycles. The summed E-state index contributed by atoms with van der Waals surface area (Å²) in [5.74, 6) is 0.620. The molecular formula is C15H27N3O3. The van der Waals surface area contributed by atoms with Gasteiger partial charge in [-0.15, -0.1) is 0 Å². The lowest BCUT2D eigenvalue weighted by Gasteiger charge is -2.33. The third-order valence-electron chi connectivity index (χ3n) is 4.38. The van der Waals surface area contributed by atoms with E-state index in [0.717, 1.165) is 45.6 Å². The summed E-state index contributed by atoms with van der Waals surface area (Å²) >= 11 is 0. The van der Waals surface area contributed by atoms with Gasteiger partial charge in [0, 0.05) is 46.1 Å². The Labute approximate surface area is 127 Å². The average Bonchev–Trinajstić information content (AvgIpc) is 2.53. The van der Waals surface area contributed by atoms with Gasteiger partial charge in [-0.1, -0.05) is 0 Å². The van der Waals surface area contributed by atoms with Crippen molar-refractivity contribution >= 4 is 11.8 Å². The van der Waals surface area contributed by atoms with Crippen molar-refractivity contribution in [3.05, 3.63) is 0 Å². The maximum atomic E-state index is 12.1. The number of likely N-dealkylation sites (tertiary alicyclic amines) is 1. The van der Waals surface area contributed by atoms with E-state index < -0.39 is 0 Å². The molecule has 0 bridgehead atoms. The van der Waals surface area contributed by atoms with Crippen LogP contribution in [0.2, 0.25) is 0 Å². The Morgan fingerprint density at radius 3 is 2.29 bits per heavy atom. The van der Waals surface area contributed by atoms with Crippen LogP contribution in [-0.4, -0.2) is 86.5 Å². The van der Waals surface area contributed by atoms with Gasteiger partial charge in [-0.3, -0.25) is 9.59 Å². The average molecular weight is 297 g/mol. The topological polar surface area (TPSA) is 53.1 Å². The molecule has 0 unspecified atom stereocenters. The zero-order valence-corrected chi connectivity index (χ0v) is 13.2. The van der Waals surface area contributed by atoms with Crippen molar-refractivity contribution in [1.29, 1.82) is 0 Å². The number of morpholine rings is 1. The fourth-order valence-corrected chi connectivity index (χ4v) is 2.99. The van der Waals surface area contributed by atoms with Crippen LogP contribution >= 0.6 is 0 Å². The van der Waals surface area contributed by atoms with Crippen molar-refractivity contribution in [2.45, 2.75) is 19.3 Å². The van der Waals surface area contributed by atoms with Crippen LogP contribution in [0.4, 0.5) is 0 Å². The first-order valence-electron chi connectivity index (χ1n) is 7.87. The maximum absolute atomic E-state index is 12.1. The van der Waals surface area contributed by atoms with E-state index in [1.807, 2.05) is 19.0 Å². The third-order valence-corrected chi connectivity index (χ3v) is 4.38. The molecule has 2 rings (SSSR count). The number of nitrogens with zero attached hydrogens (tertiary/aromatic N) is 3. The van der Waals surface area contributed by atoms with E-state index in [4.69, 9.17) is 4.74 Å². The Bertz CT molecular complexity index is 359. The SMILES string of the molecule is CN(C)C(=O)C1CCN(CCC(=O)N2CCOCC2)CC1. The maximum Gasteiger partial charge on any atom is 0.225 e. The van der Waals surface area contributed by atoms with Gasteiger partial charge >= 0.3 is 0 Å². The first-order valence-corrected chi connectivity index (χ1v) is 7.87. The summed E-state index contributed by atoms with van der Waals surface area (Å²) in [5.41, 5.74) is 0. The van der Waals surface area contributed by atoms with Crippen LogP contribution in [0.5, 0.6) is 0 Å². The fourth-order valence-electron chi connectivity index (χ4n) is 2.99. The van der Waals surface area contributed by atoms with E-state index in [1.165, 1.54) is 0 Å². The Hall–Kier alpha value is -1.14. The number of carbonyl (C=O) groups is 2. The lowest BCUT2D eigenvalue weighted by atomic mass is 9.95. The molecule has 0 aliphatic carbocycles. The quantitative estimate of drug-likeness (QED) is 0.735. The summed E-state index contributed by atoms with van der Waals surface area (Å²) in [6, 6.07) is 0. The van der Waals surface area contributed by atoms with Gasteiger partial charge in [0.2, 0.25) is 11.8 Å². The molecule has 2 amide bonds. The molecule has 2 aliphatic heterocycles. The van der Waals surface area contributed by atoms with Crippen LogP contribution in [-0.2, 0) is 14.3 Å². The first-order chi connectivity index (χ1) is 10.1. The van der Waals surface area contributed by atoms with Gasteiger partial charge in [0.15, 0.2) is 0 Å². The number of hydrogen-bond acceptors (Lipinski definition) is 4. The number of piperidine rings is 1. The predicted molar refractivity (Wildman–Crippen MR) is 79.9 cm³/mol. The molecule has 120 valence electrons. The highest BCUT2D eigenvalue weighted by Crippen LogP contribution is 2.19. The zero-order chi connectivity index (χ0) is 15.2. The second-order valence-electron chi connectivity index (χ2n) is 6.09. The second kappa shape index (κ2) is 7.75. The molecule has 0 aromatic carbocycles. The summed E-state index contributed by atoms with van der Waals surface area (Å²) in [5, 5.41) is 0. The van der Waals surface area contributed by atoms with E-state index >= 15 is 0 Å². The lowest BCUT2D eigenvalue weighted by Crippen LogP contribution is -2.44. The van der Waals surface area contributed by atoms with E-state index in [2.05, 4.69) is 4.90 Å². The Morgan fingerprint density at radius 2 is 1.71 bits per heavy atom. The molecule has 0 aromatic rings. The van der Waals surface area contributed by atoms with Gasteiger partial charge in [-0.2, -0.15) is 0 Å². The van der Waals surface area contributed by atoms with Crippen molar-refractivity contribution in [3.8, 4) is 0 Å². The van der Waals surface area contributed by atoms with Crippen molar-refractivity contribution in [1.82, 2.24) is 14.7 Å². The minimum atomic E-state index is 0.159. The molecule has 2 aliphatic rings. The van der Waals surface area contributed by atoms with Crippen LogP contribution < -0.4 is 0 Å². The summed E-state index contributed by atoms with van der Waals surface area (Å²) in [6.07, 6.45) is 2.39. The predicted octanol–water partition coefficient (Wildman–Crippen LogP) is 0.0355. The van der Waals surface area contributed by atoms with Crippen LogP contribution in [0.3, 0.4) is 0 Å². The molecule has 6 nitrogen and oxygen atoms in total. The molecule has 2 fully saturated rings. The van der Waals surface area contributed by atoms with Gasteiger partial charge in [0.05, 0.1) is 13.2 Å². The number of rotatable bonds is 4. The van der Waals surface area contributed by atoms with Crippen LogP contribution in [0.25, 0.3) is 0 Å². The molecule has 6 heteroatoms. The van der Waals surface area contributed by atoms with E-state index in [-0.39, 0.29) is 17.7 Å². The zero-order valence-electron chi connectivity index (χ0n) is 13.2. The Morgan fingerprint density at radius 1 is 1.10 bits per heavy atom. The molecule has 0 spiro atoms. The Kier molecular flexibility index (Phi) is 5.99. The highest BCUT2D eigenvalue weighted by molar-refractivity contribution is 5.78. The molecule has 0 atom stereocenters. The van der Waals surface area contributed by atoms with Crippen LogP contribution in [0.15, 0.2) is 0 Å². The summed E-state index contributed by atoms with van der Waals surface area (Å²) < 4.78 is 5.26. The molecule has 2 heterocycles.